The van der Waals surface area contributed by atoms with Gasteiger partial charge in [0.2, 0.25) is 0 Å². The molecule has 1 aromatic heterocycles. The first-order valence-electron chi connectivity index (χ1n) is 11.3. The third-order valence-electron chi connectivity index (χ3n) is 6.04. The minimum absolute atomic E-state index is 0.125. The lowest BCUT2D eigenvalue weighted by atomic mass is 10.1. The molecule has 0 spiro atoms. The molecule has 0 radical (unpaired) electrons. The average molecular weight is 462 g/mol. The van der Waals surface area contributed by atoms with Crippen LogP contribution in [0.2, 0.25) is 0 Å². The SMILES string of the molecule is Cc1ccc(NC(=O)C(=O)NC[C@@H](c2cccnc2)N2CCN(c3ccccc3)CC2)cc1F. The molecule has 0 saturated carbocycles. The number of halogens is 1. The predicted molar refractivity (Wildman–Crippen MR) is 130 cm³/mol. The molecule has 4 rings (SSSR count). The standard InChI is InChI=1S/C26H28FN5O2/c1-19-9-10-21(16-23(19)27)30-26(34)25(33)29-18-24(20-6-5-11-28-17-20)32-14-12-31(13-15-32)22-7-3-2-4-8-22/h2-11,16-17,24H,12-15,18H2,1H3,(H,29,33)(H,30,34)/t24-/m0/s1. The van der Waals surface area contributed by atoms with E-state index in [4.69, 9.17) is 0 Å². The summed E-state index contributed by atoms with van der Waals surface area (Å²) in [6.07, 6.45) is 3.50. The highest BCUT2D eigenvalue weighted by molar-refractivity contribution is 6.39. The van der Waals surface area contributed by atoms with E-state index >= 15 is 0 Å². The second-order valence-electron chi connectivity index (χ2n) is 8.29. The molecule has 34 heavy (non-hydrogen) atoms. The van der Waals surface area contributed by atoms with Gasteiger partial charge in [-0.3, -0.25) is 19.5 Å². The Morgan fingerprint density at radius 3 is 2.44 bits per heavy atom. The average Bonchev–Trinajstić information content (AvgIpc) is 2.88. The van der Waals surface area contributed by atoms with Crippen molar-refractivity contribution in [3.8, 4) is 0 Å². The Morgan fingerprint density at radius 2 is 1.76 bits per heavy atom. The summed E-state index contributed by atoms with van der Waals surface area (Å²) in [6.45, 7) is 5.21. The smallest absolute Gasteiger partial charge is 0.313 e. The molecular formula is C26H28FN5O2. The first kappa shape index (κ1) is 23.4. The number of aromatic nitrogens is 1. The van der Waals surface area contributed by atoms with E-state index in [1.807, 2.05) is 30.3 Å². The Hall–Kier alpha value is -3.78. The summed E-state index contributed by atoms with van der Waals surface area (Å²) in [7, 11) is 0. The van der Waals surface area contributed by atoms with Crippen LogP contribution < -0.4 is 15.5 Å². The van der Waals surface area contributed by atoms with Gasteiger partial charge in [0.05, 0.1) is 6.04 Å². The van der Waals surface area contributed by atoms with E-state index in [-0.39, 0.29) is 18.3 Å². The number of amides is 2. The van der Waals surface area contributed by atoms with E-state index in [2.05, 4.69) is 37.6 Å². The summed E-state index contributed by atoms with van der Waals surface area (Å²) in [6, 6.07) is 18.3. The van der Waals surface area contributed by atoms with Crippen LogP contribution in [0.25, 0.3) is 0 Å². The summed E-state index contributed by atoms with van der Waals surface area (Å²) in [4.78, 5) is 33.7. The van der Waals surface area contributed by atoms with Crippen molar-refractivity contribution in [2.45, 2.75) is 13.0 Å². The van der Waals surface area contributed by atoms with Crippen LogP contribution in [-0.4, -0.2) is 54.4 Å². The zero-order chi connectivity index (χ0) is 23.9. The van der Waals surface area contributed by atoms with Gasteiger partial charge in [-0.15, -0.1) is 0 Å². The fourth-order valence-corrected chi connectivity index (χ4v) is 4.09. The maximum absolute atomic E-state index is 13.7. The maximum Gasteiger partial charge on any atom is 0.313 e. The van der Waals surface area contributed by atoms with Gasteiger partial charge in [0.25, 0.3) is 0 Å². The number of piperazine rings is 1. The topological polar surface area (TPSA) is 77.6 Å². The highest BCUT2D eigenvalue weighted by Crippen LogP contribution is 2.23. The molecule has 2 heterocycles. The minimum atomic E-state index is -0.831. The molecule has 1 fully saturated rings. The summed E-state index contributed by atoms with van der Waals surface area (Å²) < 4.78 is 13.7. The van der Waals surface area contributed by atoms with E-state index in [1.165, 1.54) is 11.8 Å². The second kappa shape index (κ2) is 10.9. The first-order valence-corrected chi connectivity index (χ1v) is 11.3. The van der Waals surface area contributed by atoms with E-state index < -0.39 is 17.6 Å². The van der Waals surface area contributed by atoms with E-state index in [0.717, 1.165) is 31.7 Å². The van der Waals surface area contributed by atoms with E-state index in [9.17, 15) is 14.0 Å². The minimum Gasteiger partial charge on any atom is -0.369 e. The first-order chi connectivity index (χ1) is 16.5. The molecule has 0 bridgehead atoms. The number of nitrogens with one attached hydrogen (secondary N) is 2. The van der Waals surface area contributed by atoms with Crippen LogP contribution in [0.15, 0.2) is 73.1 Å². The largest absolute Gasteiger partial charge is 0.369 e. The number of rotatable bonds is 6. The summed E-state index contributed by atoms with van der Waals surface area (Å²) in [5.41, 5.74) is 2.87. The van der Waals surface area contributed by atoms with Crippen LogP contribution in [0, 0.1) is 12.7 Å². The summed E-state index contributed by atoms with van der Waals surface area (Å²) >= 11 is 0. The highest BCUT2D eigenvalue weighted by Gasteiger charge is 2.27. The van der Waals surface area contributed by atoms with Gasteiger partial charge >= 0.3 is 11.8 Å². The van der Waals surface area contributed by atoms with Crippen LogP contribution in [0.5, 0.6) is 0 Å². The van der Waals surface area contributed by atoms with Crippen molar-refractivity contribution in [1.29, 1.82) is 0 Å². The number of anilines is 2. The Bertz CT molecular complexity index is 1120. The fraction of sp³-hybridized carbons (Fsp3) is 0.269. The highest BCUT2D eigenvalue weighted by atomic mass is 19.1. The molecule has 1 saturated heterocycles. The molecule has 0 aliphatic carbocycles. The molecule has 1 atom stereocenters. The van der Waals surface area contributed by atoms with Gasteiger partial charge in [-0.1, -0.05) is 30.3 Å². The van der Waals surface area contributed by atoms with Crippen molar-refractivity contribution in [1.82, 2.24) is 15.2 Å². The van der Waals surface area contributed by atoms with Gasteiger partial charge in [-0.05, 0) is 48.4 Å². The van der Waals surface area contributed by atoms with Crippen molar-refractivity contribution >= 4 is 23.2 Å². The van der Waals surface area contributed by atoms with Crippen molar-refractivity contribution < 1.29 is 14.0 Å². The predicted octanol–water partition coefficient (Wildman–Crippen LogP) is 3.15. The van der Waals surface area contributed by atoms with Crippen molar-refractivity contribution in [3.63, 3.8) is 0 Å². The summed E-state index contributed by atoms with van der Waals surface area (Å²) in [5, 5.41) is 5.19. The number of benzene rings is 2. The van der Waals surface area contributed by atoms with E-state index in [1.54, 1.807) is 31.5 Å². The number of carbonyl (C=O) groups is 2. The molecule has 2 aromatic carbocycles. The molecule has 2 amide bonds. The van der Waals surface area contributed by atoms with Crippen LogP contribution in [0.1, 0.15) is 17.2 Å². The fourth-order valence-electron chi connectivity index (χ4n) is 4.09. The zero-order valence-electron chi connectivity index (χ0n) is 19.1. The number of aryl methyl sites for hydroxylation is 1. The Balaban J connectivity index is 1.38. The van der Waals surface area contributed by atoms with Crippen LogP contribution in [0.4, 0.5) is 15.8 Å². The molecule has 1 aliphatic rings. The van der Waals surface area contributed by atoms with Gasteiger partial charge in [0.15, 0.2) is 0 Å². The second-order valence-corrected chi connectivity index (χ2v) is 8.29. The van der Waals surface area contributed by atoms with E-state index in [0.29, 0.717) is 5.56 Å². The molecule has 0 unspecified atom stereocenters. The van der Waals surface area contributed by atoms with Gasteiger partial charge in [-0.25, -0.2) is 4.39 Å². The van der Waals surface area contributed by atoms with Crippen LogP contribution >= 0.6 is 0 Å². The van der Waals surface area contributed by atoms with Crippen LogP contribution in [0.3, 0.4) is 0 Å². The molecule has 2 N–H and O–H groups in total. The lowest BCUT2D eigenvalue weighted by Gasteiger charge is -2.40. The summed E-state index contributed by atoms with van der Waals surface area (Å²) in [5.74, 6) is -2.04. The molecule has 3 aromatic rings. The third kappa shape index (κ3) is 5.77. The molecule has 7 nitrogen and oxygen atoms in total. The number of carbonyl (C=O) groups excluding carboxylic acids is 2. The number of nitrogens with zero attached hydrogens (tertiary/aromatic N) is 3. The Labute approximate surface area is 198 Å². The molecule has 1 aliphatic heterocycles. The normalized spacial score (nSPS) is 14.9. The molecular weight excluding hydrogens is 433 g/mol. The lowest BCUT2D eigenvalue weighted by Crippen LogP contribution is -2.50. The Morgan fingerprint density at radius 1 is 1.00 bits per heavy atom. The van der Waals surface area contributed by atoms with Gasteiger partial charge in [-0.2, -0.15) is 0 Å². The quantitative estimate of drug-likeness (QED) is 0.552. The van der Waals surface area contributed by atoms with Gasteiger partial charge in [0.1, 0.15) is 5.82 Å². The van der Waals surface area contributed by atoms with Crippen molar-refractivity contribution in [2.75, 3.05) is 42.9 Å². The van der Waals surface area contributed by atoms with Crippen LogP contribution in [-0.2, 0) is 9.59 Å². The number of para-hydroxylation sites is 1. The number of pyridine rings is 1. The monoisotopic (exact) mass is 461 g/mol. The number of hydrogen-bond donors (Lipinski definition) is 2. The lowest BCUT2D eigenvalue weighted by molar-refractivity contribution is -0.136. The van der Waals surface area contributed by atoms with Gasteiger partial charge < -0.3 is 15.5 Å². The maximum atomic E-state index is 13.7. The van der Waals surface area contributed by atoms with Crippen molar-refractivity contribution in [2.24, 2.45) is 0 Å². The molecule has 8 heteroatoms. The van der Waals surface area contributed by atoms with Gasteiger partial charge in [0, 0.05) is 56.5 Å². The Kier molecular flexibility index (Phi) is 7.49. The third-order valence-corrected chi connectivity index (χ3v) is 6.04. The zero-order valence-corrected chi connectivity index (χ0v) is 19.1. The number of hydrogen-bond acceptors (Lipinski definition) is 5. The molecule has 176 valence electrons. The van der Waals surface area contributed by atoms with Crippen molar-refractivity contribution in [3.05, 3.63) is 90.0 Å².